The van der Waals surface area contributed by atoms with Crippen molar-refractivity contribution in [3.05, 3.63) is 74.1 Å². The monoisotopic (exact) mass is 356 g/mol. The average Bonchev–Trinajstić information content (AvgIpc) is 2.57. The second-order valence-corrected chi connectivity index (χ2v) is 6.43. The Kier molecular flexibility index (Phi) is 4.64. The fourth-order valence-corrected chi connectivity index (χ4v) is 2.79. The summed E-state index contributed by atoms with van der Waals surface area (Å²) in [5.41, 5.74) is 2.83. The zero-order valence-corrected chi connectivity index (χ0v) is 14.9. The first kappa shape index (κ1) is 17.2. The van der Waals surface area contributed by atoms with Gasteiger partial charge in [-0.15, -0.1) is 0 Å². The van der Waals surface area contributed by atoms with E-state index in [9.17, 15) is 9.59 Å². The molecule has 0 spiro atoms. The van der Waals surface area contributed by atoms with Gasteiger partial charge in [-0.05, 0) is 68.3 Å². The molecule has 0 aliphatic rings. The Morgan fingerprint density at radius 3 is 2.44 bits per heavy atom. The lowest BCUT2D eigenvalue weighted by Gasteiger charge is -2.12. The van der Waals surface area contributed by atoms with E-state index in [1.54, 1.807) is 37.3 Å². The highest BCUT2D eigenvalue weighted by Crippen LogP contribution is 2.31. The molecule has 1 aromatic heterocycles. The molecule has 0 aliphatic heterocycles. The molecular formula is C20H17ClO4. The van der Waals surface area contributed by atoms with Crippen LogP contribution in [-0.4, -0.2) is 12.4 Å². The summed E-state index contributed by atoms with van der Waals surface area (Å²) in [6.07, 6.45) is 0. The number of halogens is 1. The predicted molar refractivity (Wildman–Crippen MR) is 98.0 cm³/mol. The van der Waals surface area contributed by atoms with E-state index in [1.807, 2.05) is 19.9 Å². The first-order valence-corrected chi connectivity index (χ1v) is 8.21. The Morgan fingerprint density at radius 2 is 1.76 bits per heavy atom. The van der Waals surface area contributed by atoms with E-state index < -0.39 is 0 Å². The summed E-state index contributed by atoms with van der Waals surface area (Å²) < 4.78 is 11.1. The van der Waals surface area contributed by atoms with Gasteiger partial charge < -0.3 is 9.15 Å². The largest absolute Gasteiger partial charge is 0.485 e. The van der Waals surface area contributed by atoms with Crippen LogP contribution in [0.25, 0.3) is 11.0 Å². The lowest BCUT2D eigenvalue weighted by atomic mass is 10.0. The van der Waals surface area contributed by atoms with Gasteiger partial charge in [0.2, 0.25) is 0 Å². The molecule has 0 saturated heterocycles. The van der Waals surface area contributed by atoms with Crippen molar-refractivity contribution in [2.75, 3.05) is 6.61 Å². The molecule has 3 rings (SSSR count). The van der Waals surface area contributed by atoms with Crippen molar-refractivity contribution in [3.8, 4) is 5.75 Å². The third kappa shape index (κ3) is 3.44. The molecule has 0 unspecified atom stereocenters. The first-order valence-electron chi connectivity index (χ1n) is 7.83. The predicted octanol–water partition coefficient (Wildman–Crippen LogP) is 4.63. The number of Topliss-reactive ketones (excluding diaryl/α,β-unsaturated/α-hetero) is 1. The molecule has 2 aromatic carbocycles. The number of ketones is 1. The summed E-state index contributed by atoms with van der Waals surface area (Å²) in [5.74, 6) is 0.375. The maximum Gasteiger partial charge on any atom is 0.339 e. The number of fused-ring (bicyclic) bond motifs is 1. The zero-order chi connectivity index (χ0) is 18.1. The van der Waals surface area contributed by atoms with Gasteiger partial charge >= 0.3 is 5.63 Å². The summed E-state index contributed by atoms with van der Waals surface area (Å²) >= 11 is 5.84. The van der Waals surface area contributed by atoms with Crippen LogP contribution in [0, 0.1) is 20.8 Å². The molecule has 0 saturated carbocycles. The van der Waals surface area contributed by atoms with Gasteiger partial charge in [-0.25, -0.2) is 4.79 Å². The number of aryl methyl sites for hydroxylation is 2. The van der Waals surface area contributed by atoms with Crippen molar-refractivity contribution >= 4 is 28.4 Å². The van der Waals surface area contributed by atoms with Crippen LogP contribution in [-0.2, 0) is 0 Å². The van der Waals surface area contributed by atoms with E-state index in [0.29, 0.717) is 32.9 Å². The number of hydrogen-bond acceptors (Lipinski definition) is 4. The van der Waals surface area contributed by atoms with Gasteiger partial charge in [0.15, 0.2) is 12.4 Å². The number of carbonyl (C=O) groups excluding carboxylic acids is 1. The standard InChI is InChI=1S/C20H17ClO4/c1-11-8-17(19-12(2)13(3)20(23)25-18(19)9-11)24-10-16(22)14-4-6-15(21)7-5-14/h4-9H,10H2,1-3H3. The minimum Gasteiger partial charge on any atom is -0.485 e. The van der Waals surface area contributed by atoms with E-state index >= 15 is 0 Å². The molecule has 4 nitrogen and oxygen atoms in total. The number of ether oxygens (including phenoxy) is 1. The van der Waals surface area contributed by atoms with E-state index in [1.165, 1.54) is 0 Å². The third-order valence-corrected chi connectivity index (χ3v) is 4.43. The topological polar surface area (TPSA) is 56.5 Å². The molecule has 0 aliphatic carbocycles. The van der Waals surface area contributed by atoms with E-state index in [0.717, 1.165) is 11.1 Å². The van der Waals surface area contributed by atoms with Gasteiger partial charge in [-0.3, -0.25) is 4.79 Å². The van der Waals surface area contributed by atoms with Gasteiger partial charge in [0.05, 0.1) is 5.39 Å². The summed E-state index contributed by atoms with van der Waals surface area (Å²) in [6.45, 7) is 5.32. The van der Waals surface area contributed by atoms with Gasteiger partial charge in [0.1, 0.15) is 11.3 Å². The highest BCUT2D eigenvalue weighted by atomic mass is 35.5. The van der Waals surface area contributed by atoms with Crippen LogP contribution in [0.15, 0.2) is 45.6 Å². The third-order valence-electron chi connectivity index (χ3n) is 4.18. The molecule has 0 amide bonds. The maximum absolute atomic E-state index is 12.3. The lowest BCUT2D eigenvalue weighted by Crippen LogP contribution is -2.13. The Labute approximate surface area is 150 Å². The van der Waals surface area contributed by atoms with Gasteiger partial charge in [0.25, 0.3) is 0 Å². The van der Waals surface area contributed by atoms with Crippen molar-refractivity contribution in [2.45, 2.75) is 20.8 Å². The van der Waals surface area contributed by atoms with Crippen molar-refractivity contribution < 1.29 is 13.9 Å². The van der Waals surface area contributed by atoms with Crippen LogP contribution in [0.2, 0.25) is 5.02 Å². The van der Waals surface area contributed by atoms with Crippen LogP contribution in [0.4, 0.5) is 0 Å². The van der Waals surface area contributed by atoms with E-state index in [2.05, 4.69) is 0 Å². The molecule has 0 radical (unpaired) electrons. The fourth-order valence-electron chi connectivity index (χ4n) is 2.66. The fraction of sp³-hybridized carbons (Fsp3) is 0.200. The minimum absolute atomic E-state index is 0.113. The second-order valence-electron chi connectivity index (χ2n) is 5.99. The second kappa shape index (κ2) is 6.73. The van der Waals surface area contributed by atoms with Gasteiger partial charge in [-0.1, -0.05) is 11.6 Å². The molecule has 1 heterocycles. The SMILES string of the molecule is Cc1cc(OCC(=O)c2ccc(Cl)cc2)c2c(C)c(C)c(=O)oc2c1. The molecule has 3 aromatic rings. The molecule has 0 bridgehead atoms. The molecule has 0 N–H and O–H groups in total. The molecule has 128 valence electrons. The van der Waals surface area contributed by atoms with Crippen LogP contribution >= 0.6 is 11.6 Å². The summed E-state index contributed by atoms with van der Waals surface area (Å²) in [4.78, 5) is 24.2. The summed E-state index contributed by atoms with van der Waals surface area (Å²) in [7, 11) is 0. The minimum atomic E-state index is -0.362. The summed E-state index contributed by atoms with van der Waals surface area (Å²) in [5, 5.41) is 1.29. The number of hydrogen-bond donors (Lipinski definition) is 0. The van der Waals surface area contributed by atoms with Crippen molar-refractivity contribution in [3.63, 3.8) is 0 Å². The Hall–Kier alpha value is -2.59. The zero-order valence-electron chi connectivity index (χ0n) is 14.2. The average molecular weight is 357 g/mol. The van der Waals surface area contributed by atoms with Gasteiger partial charge in [-0.2, -0.15) is 0 Å². The first-order chi connectivity index (χ1) is 11.9. The van der Waals surface area contributed by atoms with Crippen molar-refractivity contribution in [1.82, 2.24) is 0 Å². The van der Waals surface area contributed by atoms with Crippen molar-refractivity contribution in [2.24, 2.45) is 0 Å². The van der Waals surface area contributed by atoms with Crippen molar-refractivity contribution in [1.29, 1.82) is 0 Å². The van der Waals surface area contributed by atoms with Crippen LogP contribution in [0.3, 0.4) is 0 Å². The summed E-state index contributed by atoms with van der Waals surface area (Å²) in [6, 6.07) is 10.3. The Bertz CT molecular complexity index is 1020. The Balaban J connectivity index is 1.96. The highest BCUT2D eigenvalue weighted by molar-refractivity contribution is 6.30. The number of rotatable bonds is 4. The maximum atomic E-state index is 12.3. The van der Waals surface area contributed by atoms with Crippen LogP contribution in [0.1, 0.15) is 27.0 Å². The Morgan fingerprint density at radius 1 is 1.08 bits per heavy atom. The number of carbonyl (C=O) groups is 1. The highest BCUT2D eigenvalue weighted by Gasteiger charge is 2.15. The quantitative estimate of drug-likeness (QED) is 0.505. The molecule has 0 fully saturated rings. The molecule has 25 heavy (non-hydrogen) atoms. The smallest absolute Gasteiger partial charge is 0.339 e. The molecular weight excluding hydrogens is 340 g/mol. The van der Waals surface area contributed by atoms with E-state index in [-0.39, 0.29) is 18.0 Å². The lowest BCUT2D eigenvalue weighted by molar-refractivity contribution is 0.0922. The van der Waals surface area contributed by atoms with Crippen LogP contribution in [0.5, 0.6) is 5.75 Å². The molecule has 0 atom stereocenters. The number of benzene rings is 2. The normalized spacial score (nSPS) is 10.9. The van der Waals surface area contributed by atoms with Gasteiger partial charge in [0, 0.05) is 16.1 Å². The van der Waals surface area contributed by atoms with Crippen LogP contribution < -0.4 is 10.4 Å². The molecule has 5 heteroatoms. The van der Waals surface area contributed by atoms with E-state index in [4.69, 9.17) is 20.8 Å².